The summed E-state index contributed by atoms with van der Waals surface area (Å²) in [6.45, 7) is 0.859. The van der Waals surface area contributed by atoms with Gasteiger partial charge in [-0.25, -0.2) is 0 Å². The van der Waals surface area contributed by atoms with Gasteiger partial charge in [0.2, 0.25) is 0 Å². The Kier molecular flexibility index (Phi) is 5.18. The van der Waals surface area contributed by atoms with Gasteiger partial charge in [0.15, 0.2) is 0 Å². The Balaban J connectivity index is 1.38. The summed E-state index contributed by atoms with van der Waals surface area (Å²) in [5.41, 5.74) is 3.66. The molecule has 0 fully saturated rings. The molecule has 0 bridgehead atoms. The van der Waals surface area contributed by atoms with Crippen molar-refractivity contribution in [1.29, 1.82) is 0 Å². The molecule has 5 nitrogen and oxygen atoms in total. The highest BCUT2D eigenvalue weighted by molar-refractivity contribution is 6.21. The van der Waals surface area contributed by atoms with E-state index in [1.54, 1.807) is 24.3 Å². The van der Waals surface area contributed by atoms with Crippen LogP contribution in [-0.2, 0) is 6.42 Å². The number of rotatable bonds is 6. The van der Waals surface area contributed by atoms with E-state index in [1.807, 2.05) is 6.07 Å². The molecule has 0 spiro atoms. The zero-order valence-corrected chi connectivity index (χ0v) is 16.5. The van der Waals surface area contributed by atoms with Crippen LogP contribution in [0.25, 0.3) is 0 Å². The van der Waals surface area contributed by atoms with Gasteiger partial charge < -0.3 is 9.64 Å². The van der Waals surface area contributed by atoms with Gasteiger partial charge in [-0.3, -0.25) is 14.5 Å². The molecule has 1 aliphatic heterocycles. The van der Waals surface area contributed by atoms with E-state index in [1.165, 1.54) is 22.4 Å². The van der Waals surface area contributed by atoms with Crippen LogP contribution in [0.3, 0.4) is 0 Å². The summed E-state index contributed by atoms with van der Waals surface area (Å²) in [7, 11) is 4.24. The first-order valence-corrected chi connectivity index (χ1v) is 9.94. The Bertz CT molecular complexity index is 871. The summed E-state index contributed by atoms with van der Waals surface area (Å²) in [5.74, 6) is 0.532. The second kappa shape index (κ2) is 7.76. The number of carbonyl (C=O) groups excluding carboxylic acids is 2. The molecule has 146 valence electrons. The average molecular weight is 378 g/mol. The van der Waals surface area contributed by atoms with Crippen molar-refractivity contribution in [3.63, 3.8) is 0 Å². The number of nitrogens with zero attached hydrogens (tertiary/aromatic N) is 2. The van der Waals surface area contributed by atoms with Crippen LogP contribution in [0, 0.1) is 0 Å². The highest BCUT2D eigenvalue weighted by atomic mass is 16.5. The second-order valence-electron chi connectivity index (χ2n) is 7.71. The minimum Gasteiger partial charge on any atom is -0.493 e. The Morgan fingerprint density at radius 1 is 1.04 bits per heavy atom. The number of hydrogen-bond donors (Lipinski definition) is 0. The van der Waals surface area contributed by atoms with Crippen LogP contribution in [0.5, 0.6) is 5.75 Å². The molecular formula is C23H26N2O3. The van der Waals surface area contributed by atoms with Gasteiger partial charge in [0.05, 0.1) is 17.7 Å². The maximum atomic E-state index is 12.4. The molecule has 1 unspecified atom stereocenters. The monoisotopic (exact) mass is 378 g/mol. The van der Waals surface area contributed by atoms with Gasteiger partial charge in [0.1, 0.15) is 5.75 Å². The van der Waals surface area contributed by atoms with E-state index in [0.29, 0.717) is 36.7 Å². The fourth-order valence-electron chi connectivity index (χ4n) is 4.31. The molecule has 2 aromatic carbocycles. The maximum Gasteiger partial charge on any atom is 0.261 e. The molecule has 0 saturated carbocycles. The van der Waals surface area contributed by atoms with Gasteiger partial charge >= 0.3 is 0 Å². The average Bonchev–Trinajstić information content (AvgIpc) is 2.95. The number of amides is 2. The highest BCUT2D eigenvalue weighted by Crippen LogP contribution is 2.37. The van der Waals surface area contributed by atoms with Gasteiger partial charge in [-0.05, 0) is 69.1 Å². The van der Waals surface area contributed by atoms with Crippen LogP contribution in [-0.4, -0.2) is 48.9 Å². The number of ether oxygens (including phenoxy) is 1. The third-order valence-corrected chi connectivity index (χ3v) is 5.72. The lowest BCUT2D eigenvalue weighted by Gasteiger charge is -2.31. The standard InChI is InChI=1S/C23H26N2O3/c1-24(2)20-12-5-11-17-16(20)10-6-13-21(17)28-15-7-14-25-22(26)18-8-3-4-9-19(18)23(25)27/h3-4,6,8-10,13,20H,5,7,11-12,14-15H2,1-2H3. The lowest BCUT2D eigenvalue weighted by atomic mass is 9.86. The van der Waals surface area contributed by atoms with Crippen molar-refractivity contribution >= 4 is 11.8 Å². The summed E-state index contributed by atoms with van der Waals surface area (Å²) in [4.78, 5) is 28.4. The topological polar surface area (TPSA) is 49.9 Å². The summed E-state index contributed by atoms with van der Waals surface area (Å²) in [6.07, 6.45) is 3.98. The molecule has 4 rings (SSSR count). The zero-order valence-electron chi connectivity index (χ0n) is 16.5. The van der Waals surface area contributed by atoms with Crippen LogP contribution >= 0.6 is 0 Å². The number of hydrogen-bond acceptors (Lipinski definition) is 4. The number of fused-ring (bicyclic) bond motifs is 2. The first-order chi connectivity index (χ1) is 13.6. The molecule has 1 atom stereocenters. The van der Waals surface area contributed by atoms with E-state index in [-0.39, 0.29) is 11.8 Å². The fourth-order valence-corrected chi connectivity index (χ4v) is 4.31. The van der Waals surface area contributed by atoms with Crippen molar-refractivity contribution in [2.75, 3.05) is 27.2 Å². The van der Waals surface area contributed by atoms with E-state index < -0.39 is 0 Å². The minimum atomic E-state index is -0.202. The van der Waals surface area contributed by atoms with Crippen molar-refractivity contribution in [2.45, 2.75) is 31.7 Å². The Morgan fingerprint density at radius 3 is 2.43 bits per heavy atom. The van der Waals surface area contributed by atoms with Crippen LogP contribution in [0.1, 0.15) is 57.1 Å². The molecular weight excluding hydrogens is 352 g/mol. The summed E-state index contributed by atoms with van der Waals surface area (Å²) < 4.78 is 6.07. The van der Waals surface area contributed by atoms with Gasteiger partial charge in [0, 0.05) is 12.6 Å². The second-order valence-corrected chi connectivity index (χ2v) is 7.71. The predicted octanol–water partition coefficient (Wildman–Crippen LogP) is 3.69. The third-order valence-electron chi connectivity index (χ3n) is 5.72. The summed E-state index contributed by atoms with van der Waals surface area (Å²) in [6, 6.07) is 13.7. The van der Waals surface area contributed by atoms with Crippen LogP contribution in [0.2, 0.25) is 0 Å². The van der Waals surface area contributed by atoms with Crippen molar-refractivity contribution in [3.8, 4) is 5.75 Å². The van der Waals surface area contributed by atoms with Gasteiger partial charge in [-0.15, -0.1) is 0 Å². The van der Waals surface area contributed by atoms with Crippen molar-refractivity contribution in [3.05, 3.63) is 64.7 Å². The zero-order chi connectivity index (χ0) is 19.7. The molecule has 1 aliphatic carbocycles. The van der Waals surface area contributed by atoms with E-state index in [4.69, 9.17) is 4.74 Å². The SMILES string of the molecule is CN(C)C1CCCc2c(OCCCN3C(=O)c4ccccc4C3=O)cccc21. The molecule has 5 heteroatoms. The molecule has 28 heavy (non-hydrogen) atoms. The molecule has 1 heterocycles. The first-order valence-electron chi connectivity index (χ1n) is 9.94. The minimum absolute atomic E-state index is 0.202. The number of imide groups is 1. The maximum absolute atomic E-state index is 12.4. The highest BCUT2D eigenvalue weighted by Gasteiger charge is 2.34. The third kappa shape index (κ3) is 3.31. The number of benzene rings is 2. The van der Waals surface area contributed by atoms with Gasteiger partial charge in [0.25, 0.3) is 11.8 Å². The normalized spacial score (nSPS) is 18.4. The summed E-state index contributed by atoms with van der Waals surface area (Å²) >= 11 is 0. The number of carbonyl (C=O) groups is 2. The molecule has 0 radical (unpaired) electrons. The van der Waals surface area contributed by atoms with Gasteiger partial charge in [-0.2, -0.15) is 0 Å². The lowest BCUT2D eigenvalue weighted by Crippen LogP contribution is -2.31. The molecule has 0 aromatic heterocycles. The first kappa shape index (κ1) is 18.7. The largest absolute Gasteiger partial charge is 0.493 e. The van der Waals surface area contributed by atoms with Crippen LogP contribution in [0.4, 0.5) is 0 Å². The predicted molar refractivity (Wildman–Crippen MR) is 108 cm³/mol. The molecule has 2 aromatic rings. The van der Waals surface area contributed by atoms with E-state index >= 15 is 0 Å². The lowest BCUT2D eigenvalue weighted by molar-refractivity contribution is 0.0646. The van der Waals surface area contributed by atoms with E-state index in [9.17, 15) is 9.59 Å². The smallest absolute Gasteiger partial charge is 0.261 e. The van der Waals surface area contributed by atoms with Crippen LogP contribution in [0.15, 0.2) is 42.5 Å². The van der Waals surface area contributed by atoms with Gasteiger partial charge in [-0.1, -0.05) is 24.3 Å². The van der Waals surface area contributed by atoms with E-state index in [2.05, 4.69) is 31.1 Å². The molecule has 2 amide bonds. The molecule has 2 aliphatic rings. The Morgan fingerprint density at radius 2 is 1.75 bits per heavy atom. The van der Waals surface area contributed by atoms with E-state index in [0.717, 1.165) is 18.6 Å². The van der Waals surface area contributed by atoms with Crippen molar-refractivity contribution < 1.29 is 14.3 Å². The fraction of sp³-hybridized carbons (Fsp3) is 0.391. The van der Waals surface area contributed by atoms with Crippen molar-refractivity contribution in [2.24, 2.45) is 0 Å². The summed E-state index contributed by atoms with van der Waals surface area (Å²) in [5, 5.41) is 0. The van der Waals surface area contributed by atoms with Crippen molar-refractivity contribution in [1.82, 2.24) is 9.80 Å². The molecule has 0 saturated heterocycles. The Hall–Kier alpha value is -2.66. The quantitative estimate of drug-likeness (QED) is 0.568. The van der Waals surface area contributed by atoms with Crippen LogP contribution < -0.4 is 4.74 Å². The Labute approximate surface area is 165 Å². The molecule has 0 N–H and O–H groups in total.